The van der Waals surface area contributed by atoms with Crippen molar-refractivity contribution in [2.75, 3.05) is 7.11 Å². The number of benzene rings is 2. The number of rotatable bonds is 7. The molecule has 2 aromatic carbocycles. The summed E-state index contributed by atoms with van der Waals surface area (Å²) in [4.78, 5) is 52.0. The van der Waals surface area contributed by atoms with Crippen LogP contribution < -0.4 is 9.47 Å². The molecule has 2 amide bonds. The molecule has 2 aromatic rings. The first-order valence-electron chi connectivity index (χ1n) is 12.2. The number of hydrogen-bond donors (Lipinski definition) is 1. The van der Waals surface area contributed by atoms with Crippen LogP contribution in [0.3, 0.4) is 0 Å². The number of aliphatic carboxylic acids is 1. The van der Waals surface area contributed by atoms with E-state index in [1.165, 1.54) is 19.1 Å². The number of imide groups is 1. The largest absolute Gasteiger partial charge is 0.497 e. The zero-order valence-corrected chi connectivity index (χ0v) is 22.7. The normalized spacial score (nSPS) is 15.3. The second-order valence-corrected chi connectivity index (χ2v) is 11.5. The predicted octanol–water partition coefficient (Wildman–Crippen LogP) is 4.97. The smallest absolute Gasteiger partial charge is 0.327 e. The number of amides is 2. The van der Waals surface area contributed by atoms with Gasteiger partial charge in [-0.25, -0.2) is 4.79 Å². The Morgan fingerprint density at radius 2 is 1.38 bits per heavy atom. The number of carboxylic acids is 1. The third-order valence-electron chi connectivity index (χ3n) is 6.51. The van der Waals surface area contributed by atoms with Crippen molar-refractivity contribution in [2.45, 2.75) is 71.8 Å². The lowest BCUT2D eigenvalue weighted by Gasteiger charge is -2.30. The molecule has 198 valence electrons. The van der Waals surface area contributed by atoms with E-state index >= 15 is 0 Å². The van der Waals surface area contributed by atoms with Crippen molar-refractivity contribution in [3.63, 3.8) is 0 Å². The molecule has 1 aliphatic heterocycles. The van der Waals surface area contributed by atoms with Gasteiger partial charge >= 0.3 is 11.9 Å². The molecule has 1 N–H and O–H groups in total. The molecule has 0 aromatic heterocycles. The van der Waals surface area contributed by atoms with Gasteiger partial charge in [0.2, 0.25) is 0 Å². The molecule has 0 fully saturated rings. The zero-order valence-electron chi connectivity index (χ0n) is 22.7. The molecule has 0 bridgehead atoms. The summed E-state index contributed by atoms with van der Waals surface area (Å²) in [5.74, 6) is -3.25. The third kappa shape index (κ3) is 5.53. The Kier molecular flexibility index (Phi) is 7.54. The molecule has 1 heterocycles. The SMILES string of the molecule is COc1cc(C(C)(C)C)c(OC(=O)C[C@@H](C)[C@H](C(=O)O)N2C(=O)c3ccccc3C2=O)c(C(C)(C)C)c1. The molecule has 0 saturated heterocycles. The third-order valence-corrected chi connectivity index (χ3v) is 6.51. The Hall–Kier alpha value is -3.68. The lowest BCUT2D eigenvalue weighted by molar-refractivity contribution is -0.144. The van der Waals surface area contributed by atoms with Crippen molar-refractivity contribution in [1.29, 1.82) is 0 Å². The van der Waals surface area contributed by atoms with Crippen molar-refractivity contribution < 1.29 is 33.8 Å². The van der Waals surface area contributed by atoms with Gasteiger partial charge in [-0.3, -0.25) is 19.3 Å². The first-order valence-corrected chi connectivity index (χ1v) is 12.2. The highest BCUT2D eigenvalue weighted by Crippen LogP contribution is 2.43. The maximum absolute atomic E-state index is 13.2. The molecule has 2 atom stereocenters. The molecule has 0 unspecified atom stereocenters. The van der Waals surface area contributed by atoms with Crippen LogP contribution in [0.2, 0.25) is 0 Å². The molecule has 0 spiro atoms. The van der Waals surface area contributed by atoms with E-state index in [1.54, 1.807) is 19.2 Å². The Bertz CT molecular complexity index is 1180. The summed E-state index contributed by atoms with van der Waals surface area (Å²) in [5, 5.41) is 9.97. The number of ether oxygens (including phenoxy) is 2. The van der Waals surface area contributed by atoms with Crippen LogP contribution in [0.1, 0.15) is 86.7 Å². The van der Waals surface area contributed by atoms with Crippen molar-refractivity contribution in [3.8, 4) is 11.5 Å². The molecule has 8 nitrogen and oxygen atoms in total. The van der Waals surface area contributed by atoms with Crippen molar-refractivity contribution >= 4 is 23.8 Å². The maximum Gasteiger partial charge on any atom is 0.327 e. The summed E-state index contributed by atoms with van der Waals surface area (Å²) >= 11 is 0. The summed E-state index contributed by atoms with van der Waals surface area (Å²) < 4.78 is 11.4. The fraction of sp³-hybridized carbons (Fsp3) is 0.448. The molecule has 8 heteroatoms. The molecule has 1 aliphatic rings. The van der Waals surface area contributed by atoms with E-state index in [0.29, 0.717) is 11.5 Å². The highest BCUT2D eigenvalue weighted by atomic mass is 16.5. The van der Waals surface area contributed by atoms with Crippen LogP contribution in [0.5, 0.6) is 11.5 Å². The van der Waals surface area contributed by atoms with Gasteiger partial charge in [-0.1, -0.05) is 60.6 Å². The fourth-order valence-corrected chi connectivity index (χ4v) is 4.54. The maximum atomic E-state index is 13.2. The Labute approximate surface area is 217 Å². The minimum atomic E-state index is -1.53. The zero-order chi connectivity index (χ0) is 27.9. The molecule has 37 heavy (non-hydrogen) atoms. The van der Waals surface area contributed by atoms with Crippen molar-refractivity contribution in [1.82, 2.24) is 4.90 Å². The molecule has 0 radical (unpaired) electrons. The van der Waals surface area contributed by atoms with Gasteiger partial charge in [0.1, 0.15) is 17.5 Å². The molecular weight excluding hydrogens is 474 g/mol. The van der Waals surface area contributed by atoms with Crippen LogP contribution in [0.15, 0.2) is 36.4 Å². The Morgan fingerprint density at radius 3 is 1.76 bits per heavy atom. The van der Waals surface area contributed by atoms with Gasteiger partial charge in [0.25, 0.3) is 11.8 Å². The quantitative estimate of drug-likeness (QED) is 0.319. The summed E-state index contributed by atoms with van der Waals surface area (Å²) in [7, 11) is 1.58. The van der Waals surface area contributed by atoms with Gasteiger partial charge in [-0.15, -0.1) is 0 Å². The van der Waals surface area contributed by atoms with Crippen LogP contribution in [-0.2, 0) is 20.4 Å². The number of esters is 1. The second-order valence-electron chi connectivity index (χ2n) is 11.5. The van der Waals surface area contributed by atoms with Crippen LogP contribution in [-0.4, -0.2) is 46.9 Å². The number of nitrogens with zero attached hydrogens (tertiary/aromatic N) is 1. The predicted molar refractivity (Wildman–Crippen MR) is 138 cm³/mol. The highest BCUT2D eigenvalue weighted by molar-refractivity contribution is 6.22. The van der Waals surface area contributed by atoms with Crippen LogP contribution in [0, 0.1) is 5.92 Å². The molecular formula is C29H35NO7. The standard InChI is InChI=1S/C29H35NO7/c1-16(23(27(34)35)30-25(32)18-11-9-10-12-19(18)26(30)33)13-22(31)37-24-20(28(2,3)4)14-17(36-8)15-21(24)29(5,6)7/h9-12,14-16,23H,13H2,1-8H3,(H,34,35)/t16-,23-/m1/s1. The van der Waals surface area contributed by atoms with Crippen LogP contribution in [0.25, 0.3) is 0 Å². The van der Waals surface area contributed by atoms with E-state index < -0.39 is 35.7 Å². The number of carbonyl (C=O) groups is 4. The lowest BCUT2D eigenvalue weighted by atomic mass is 9.79. The minimum Gasteiger partial charge on any atom is -0.497 e. The van der Waals surface area contributed by atoms with Gasteiger partial charge in [-0.05, 0) is 41.0 Å². The van der Waals surface area contributed by atoms with E-state index in [4.69, 9.17) is 9.47 Å². The summed E-state index contributed by atoms with van der Waals surface area (Å²) in [5.41, 5.74) is 1.06. The lowest BCUT2D eigenvalue weighted by Crippen LogP contribution is -2.49. The first kappa shape index (κ1) is 27.9. The van der Waals surface area contributed by atoms with E-state index in [-0.39, 0.29) is 28.4 Å². The van der Waals surface area contributed by atoms with Gasteiger partial charge in [-0.2, -0.15) is 0 Å². The van der Waals surface area contributed by atoms with E-state index in [2.05, 4.69) is 0 Å². The number of fused-ring (bicyclic) bond motifs is 1. The van der Waals surface area contributed by atoms with Gasteiger partial charge < -0.3 is 14.6 Å². The van der Waals surface area contributed by atoms with Crippen LogP contribution >= 0.6 is 0 Å². The topological polar surface area (TPSA) is 110 Å². The molecule has 0 saturated carbocycles. The minimum absolute atomic E-state index is 0.149. The van der Waals surface area contributed by atoms with E-state index in [9.17, 15) is 24.3 Å². The van der Waals surface area contributed by atoms with E-state index in [0.717, 1.165) is 16.0 Å². The highest BCUT2D eigenvalue weighted by Gasteiger charge is 2.45. The number of carbonyl (C=O) groups excluding carboxylic acids is 3. The van der Waals surface area contributed by atoms with Gasteiger partial charge in [0.05, 0.1) is 24.7 Å². The Morgan fingerprint density at radius 1 is 0.919 bits per heavy atom. The second kappa shape index (κ2) is 10.00. The van der Waals surface area contributed by atoms with Crippen molar-refractivity contribution in [2.24, 2.45) is 5.92 Å². The first-order chi connectivity index (χ1) is 17.1. The Balaban J connectivity index is 1.93. The number of hydrogen-bond acceptors (Lipinski definition) is 6. The van der Waals surface area contributed by atoms with E-state index in [1.807, 2.05) is 53.7 Å². The average molecular weight is 510 g/mol. The number of methoxy groups -OCH3 is 1. The summed E-state index contributed by atoms with van der Waals surface area (Å²) in [6.07, 6.45) is -0.316. The van der Waals surface area contributed by atoms with Gasteiger partial charge in [0.15, 0.2) is 0 Å². The average Bonchev–Trinajstić information content (AvgIpc) is 3.03. The molecule has 0 aliphatic carbocycles. The van der Waals surface area contributed by atoms with Crippen LogP contribution in [0.4, 0.5) is 0 Å². The fourth-order valence-electron chi connectivity index (χ4n) is 4.54. The summed E-state index contributed by atoms with van der Waals surface area (Å²) in [6, 6.07) is 8.33. The van der Waals surface area contributed by atoms with Gasteiger partial charge in [0, 0.05) is 11.1 Å². The van der Waals surface area contributed by atoms with Crippen molar-refractivity contribution in [3.05, 3.63) is 58.7 Å². The summed E-state index contributed by atoms with van der Waals surface area (Å²) in [6.45, 7) is 13.5. The molecule has 3 rings (SSSR count). The number of carboxylic acid groups (broad SMARTS) is 1. The monoisotopic (exact) mass is 509 g/mol.